The molecule has 2 nitrogen and oxygen atoms in total. The Morgan fingerprint density at radius 2 is 1.71 bits per heavy atom. The van der Waals surface area contributed by atoms with E-state index in [0.29, 0.717) is 26.2 Å². The number of aryl methyl sites for hydroxylation is 1. The molecule has 0 atom stereocenters. The molecule has 2 rings (SSSR count). The summed E-state index contributed by atoms with van der Waals surface area (Å²) in [6.45, 7) is 4.06. The van der Waals surface area contributed by atoms with E-state index in [9.17, 15) is 8.78 Å². The van der Waals surface area contributed by atoms with E-state index in [2.05, 4.69) is 30.9 Å². The second kappa shape index (κ2) is 5.00. The van der Waals surface area contributed by atoms with Gasteiger partial charge in [0.15, 0.2) is 0 Å². The zero-order chi connectivity index (χ0) is 12.4. The van der Waals surface area contributed by atoms with Crippen molar-refractivity contribution in [1.29, 1.82) is 0 Å². The van der Waals surface area contributed by atoms with Crippen LogP contribution in [0.15, 0.2) is 18.2 Å². The molecule has 0 saturated carbocycles. The molecule has 1 aromatic rings. The number of alkyl halides is 2. The molecular weight excluding hydrogens is 222 g/mol. The highest BCUT2D eigenvalue weighted by Gasteiger charge is 2.23. The lowest BCUT2D eigenvalue weighted by molar-refractivity contribution is -0.0295. The Bertz CT molecular complexity index is 385. The molecule has 4 heteroatoms. The number of hydrogen-bond acceptors (Lipinski definition) is 2. The number of rotatable bonds is 2. The zero-order valence-electron chi connectivity index (χ0n) is 10.3. The van der Waals surface area contributed by atoms with E-state index in [0.717, 1.165) is 0 Å². The first-order chi connectivity index (χ1) is 8.09. The summed E-state index contributed by atoms with van der Waals surface area (Å²) in [4.78, 5) is 3.42. The van der Waals surface area contributed by atoms with E-state index in [1.807, 2.05) is 6.07 Å². The van der Waals surface area contributed by atoms with Gasteiger partial charge in [0.1, 0.15) is 0 Å². The van der Waals surface area contributed by atoms with Gasteiger partial charge in [-0.15, -0.1) is 0 Å². The number of anilines is 1. The molecule has 17 heavy (non-hydrogen) atoms. The van der Waals surface area contributed by atoms with Crippen LogP contribution >= 0.6 is 0 Å². The van der Waals surface area contributed by atoms with E-state index in [1.165, 1.54) is 21.7 Å². The molecule has 0 bridgehead atoms. The molecular formula is C13H18F2N2. The summed E-state index contributed by atoms with van der Waals surface area (Å²) in [5, 5.41) is 0. The number of benzene rings is 1. The van der Waals surface area contributed by atoms with E-state index in [1.54, 1.807) is 0 Å². The summed E-state index contributed by atoms with van der Waals surface area (Å²) in [6.07, 6.45) is 0. The van der Waals surface area contributed by atoms with Crippen LogP contribution in [0, 0.1) is 13.8 Å². The maximum Gasteiger partial charge on any atom is 0.294 e. The van der Waals surface area contributed by atoms with Crippen molar-refractivity contribution in [3.05, 3.63) is 29.3 Å². The Morgan fingerprint density at radius 3 is 2.29 bits per heavy atom. The maximum absolute atomic E-state index is 12.5. The van der Waals surface area contributed by atoms with Gasteiger partial charge in [0.2, 0.25) is 0 Å². The molecule has 1 aliphatic rings. The van der Waals surface area contributed by atoms with Gasteiger partial charge in [0.25, 0.3) is 6.55 Å². The highest BCUT2D eigenvalue weighted by Crippen LogP contribution is 2.24. The maximum atomic E-state index is 12.5. The quantitative estimate of drug-likeness (QED) is 0.733. The summed E-state index contributed by atoms with van der Waals surface area (Å²) in [5.41, 5.74) is 3.68. The fraction of sp³-hybridized carbons (Fsp3) is 0.538. The molecule has 0 aromatic heterocycles. The van der Waals surface area contributed by atoms with Crippen LogP contribution < -0.4 is 4.90 Å². The Kier molecular flexibility index (Phi) is 3.62. The smallest absolute Gasteiger partial charge is 0.294 e. The van der Waals surface area contributed by atoms with Crippen LogP contribution in [0.4, 0.5) is 14.5 Å². The molecule has 0 radical (unpaired) electrons. The zero-order valence-corrected chi connectivity index (χ0v) is 10.3. The first-order valence-corrected chi connectivity index (χ1v) is 5.93. The molecule has 0 aliphatic carbocycles. The third kappa shape index (κ3) is 2.57. The first kappa shape index (κ1) is 12.3. The monoisotopic (exact) mass is 240 g/mol. The van der Waals surface area contributed by atoms with Gasteiger partial charge in [0, 0.05) is 31.9 Å². The van der Waals surface area contributed by atoms with E-state index >= 15 is 0 Å². The highest BCUT2D eigenvalue weighted by atomic mass is 19.3. The van der Waals surface area contributed by atoms with Crippen molar-refractivity contribution < 1.29 is 8.78 Å². The predicted molar refractivity (Wildman–Crippen MR) is 65.7 cm³/mol. The summed E-state index contributed by atoms with van der Waals surface area (Å²) in [6, 6.07) is 6.17. The van der Waals surface area contributed by atoms with E-state index < -0.39 is 6.55 Å². The van der Waals surface area contributed by atoms with Gasteiger partial charge >= 0.3 is 0 Å². The predicted octanol–water partition coefficient (Wildman–Crippen LogP) is 2.65. The third-order valence-electron chi connectivity index (χ3n) is 3.51. The highest BCUT2D eigenvalue weighted by molar-refractivity contribution is 5.56. The van der Waals surface area contributed by atoms with Crippen LogP contribution in [0.3, 0.4) is 0 Å². The van der Waals surface area contributed by atoms with Crippen molar-refractivity contribution in [2.24, 2.45) is 0 Å². The van der Waals surface area contributed by atoms with Crippen molar-refractivity contribution in [1.82, 2.24) is 4.90 Å². The molecule has 0 amide bonds. The molecule has 1 heterocycles. The lowest BCUT2D eigenvalue weighted by atomic mass is 10.1. The topological polar surface area (TPSA) is 6.48 Å². The minimum absolute atomic E-state index is 0.436. The van der Waals surface area contributed by atoms with Crippen molar-refractivity contribution in [3.63, 3.8) is 0 Å². The molecule has 1 fully saturated rings. The molecule has 1 aliphatic heterocycles. The van der Waals surface area contributed by atoms with Crippen molar-refractivity contribution >= 4 is 5.69 Å². The standard InChI is InChI=1S/C13H18F2N2/c1-10-4-3-5-12(11(10)2)16-6-8-17(9-7-16)13(14)15/h3-5,13H,6-9H2,1-2H3. The minimum Gasteiger partial charge on any atom is -0.369 e. The SMILES string of the molecule is Cc1cccc(N2CCN(C(F)F)CC2)c1C. The van der Waals surface area contributed by atoms with Gasteiger partial charge in [-0.2, -0.15) is 8.78 Å². The lowest BCUT2D eigenvalue weighted by Crippen LogP contribution is -2.48. The fourth-order valence-electron chi connectivity index (χ4n) is 2.24. The summed E-state index contributed by atoms with van der Waals surface area (Å²) in [5.74, 6) is 0. The van der Waals surface area contributed by atoms with E-state index in [4.69, 9.17) is 0 Å². The summed E-state index contributed by atoms with van der Waals surface area (Å²) >= 11 is 0. The van der Waals surface area contributed by atoms with Crippen LogP contribution in [0.5, 0.6) is 0 Å². The summed E-state index contributed by atoms with van der Waals surface area (Å²) < 4.78 is 25.0. The molecule has 94 valence electrons. The van der Waals surface area contributed by atoms with Gasteiger partial charge in [-0.1, -0.05) is 12.1 Å². The third-order valence-corrected chi connectivity index (χ3v) is 3.51. The molecule has 0 N–H and O–H groups in total. The lowest BCUT2D eigenvalue weighted by Gasteiger charge is -2.36. The van der Waals surface area contributed by atoms with Gasteiger partial charge in [-0.25, -0.2) is 4.90 Å². The van der Waals surface area contributed by atoms with Crippen molar-refractivity contribution in [2.45, 2.75) is 20.4 Å². The summed E-state index contributed by atoms with van der Waals surface area (Å²) in [7, 11) is 0. The van der Waals surface area contributed by atoms with Crippen LogP contribution in [0.1, 0.15) is 11.1 Å². The Balaban J connectivity index is 2.08. The molecule has 1 saturated heterocycles. The molecule has 0 unspecified atom stereocenters. The van der Waals surface area contributed by atoms with Crippen LogP contribution in [0.2, 0.25) is 0 Å². The van der Waals surface area contributed by atoms with Crippen LogP contribution in [-0.2, 0) is 0 Å². The number of halogens is 2. The first-order valence-electron chi connectivity index (χ1n) is 5.93. The van der Waals surface area contributed by atoms with Gasteiger partial charge < -0.3 is 4.90 Å². The Hall–Kier alpha value is -1.16. The van der Waals surface area contributed by atoms with Crippen molar-refractivity contribution in [3.8, 4) is 0 Å². The molecule has 0 spiro atoms. The van der Waals surface area contributed by atoms with E-state index in [-0.39, 0.29) is 0 Å². The van der Waals surface area contributed by atoms with Crippen molar-refractivity contribution in [2.75, 3.05) is 31.1 Å². The second-order valence-corrected chi connectivity index (χ2v) is 4.52. The Morgan fingerprint density at radius 1 is 1.06 bits per heavy atom. The van der Waals surface area contributed by atoms with Gasteiger partial charge in [0.05, 0.1) is 0 Å². The Labute approximate surface area is 101 Å². The van der Waals surface area contributed by atoms with Crippen LogP contribution in [-0.4, -0.2) is 37.6 Å². The normalized spacial score (nSPS) is 17.8. The molecule has 1 aromatic carbocycles. The minimum atomic E-state index is -2.32. The fourth-order valence-corrected chi connectivity index (χ4v) is 2.24. The average molecular weight is 240 g/mol. The van der Waals surface area contributed by atoms with Gasteiger partial charge in [-0.3, -0.25) is 0 Å². The van der Waals surface area contributed by atoms with Gasteiger partial charge in [-0.05, 0) is 31.0 Å². The largest absolute Gasteiger partial charge is 0.369 e. The number of nitrogens with zero attached hydrogens (tertiary/aromatic N) is 2. The van der Waals surface area contributed by atoms with Crippen LogP contribution in [0.25, 0.3) is 0 Å². The number of piperazine rings is 1. The number of hydrogen-bond donors (Lipinski definition) is 0. The average Bonchev–Trinajstić information content (AvgIpc) is 2.33. The second-order valence-electron chi connectivity index (χ2n) is 4.52.